The molecule has 1 aromatic carbocycles. The van der Waals surface area contributed by atoms with Gasteiger partial charge in [-0.3, -0.25) is 9.78 Å². The van der Waals surface area contributed by atoms with Gasteiger partial charge in [-0.05, 0) is 36.8 Å². The number of pyridine rings is 1. The van der Waals surface area contributed by atoms with Gasteiger partial charge in [-0.2, -0.15) is 5.10 Å². The zero-order valence-corrected chi connectivity index (χ0v) is 16.7. The van der Waals surface area contributed by atoms with E-state index in [4.69, 9.17) is 4.74 Å². The van der Waals surface area contributed by atoms with E-state index in [2.05, 4.69) is 44.4 Å². The highest BCUT2D eigenvalue weighted by Crippen LogP contribution is 2.33. The molecule has 0 fully saturated rings. The maximum absolute atomic E-state index is 12.2. The van der Waals surface area contributed by atoms with Crippen molar-refractivity contribution in [2.75, 3.05) is 19.0 Å². The van der Waals surface area contributed by atoms with Crippen LogP contribution in [0.5, 0.6) is 0 Å². The normalized spacial score (nSPS) is 11.1. The summed E-state index contributed by atoms with van der Waals surface area (Å²) in [5.74, 6) is 0. The van der Waals surface area contributed by atoms with Gasteiger partial charge in [0.2, 0.25) is 0 Å². The molecule has 148 valence electrons. The van der Waals surface area contributed by atoms with Gasteiger partial charge < -0.3 is 14.6 Å². The van der Waals surface area contributed by atoms with E-state index < -0.39 is 0 Å². The second-order valence-electron chi connectivity index (χ2n) is 6.94. The Balaban J connectivity index is 1.86. The third-order valence-corrected chi connectivity index (χ3v) is 5.06. The Bertz CT molecular complexity index is 1210. The van der Waals surface area contributed by atoms with Crippen LogP contribution in [0.4, 0.5) is 11.4 Å². The van der Waals surface area contributed by atoms with Crippen LogP contribution in [0.1, 0.15) is 5.56 Å². The highest BCUT2D eigenvalue weighted by molar-refractivity contribution is 5.98. The van der Waals surface area contributed by atoms with Crippen LogP contribution in [0.15, 0.2) is 59.9 Å². The SMILES string of the molecule is COCCn1ccc2c(-c3cccnc3)cc(Nc3cnn(C)c(=O)c3C)cc21. The minimum absolute atomic E-state index is 0.118. The minimum atomic E-state index is -0.118. The summed E-state index contributed by atoms with van der Waals surface area (Å²) >= 11 is 0. The Morgan fingerprint density at radius 1 is 1.21 bits per heavy atom. The first-order chi connectivity index (χ1) is 14.1. The summed E-state index contributed by atoms with van der Waals surface area (Å²) in [7, 11) is 3.35. The molecule has 7 nitrogen and oxygen atoms in total. The van der Waals surface area contributed by atoms with Crippen molar-refractivity contribution in [1.29, 1.82) is 0 Å². The van der Waals surface area contributed by atoms with Crippen molar-refractivity contribution in [3.8, 4) is 11.1 Å². The van der Waals surface area contributed by atoms with Crippen molar-refractivity contribution in [2.24, 2.45) is 7.05 Å². The summed E-state index contributed by atoms with van der Waals surface area (Å²) in [6.07, 6.45) is 7.37. The molecule has 3 heterocycles. The van der Waals surface area contributed by atoms with Crippen molar-refractivity contribution in [1.82, 2.24) is 19.3 Å². The standard InChI is InChI=1S/C22H23N5O2/c1-15-20(14-24-26(2)22(15)28)25-17-11-19(16-5-4-7-23-13-16)18-6-8-27(9-10-29-3)21(18)12-17/h4-8,11-14,25H,9-10H2,1-3H3. The average molecular weight is 389 g/mol. The third kappa shape index (κ3) is 3.64. The van der Waals surface area contributed by atoms with E-state index in [-0.39, 0.29) is 5.56 Å². The van der Waals surface area contributed by atoms with E-state index in [1.807, 2.05) is 18.3 Å². The van der Waals surface area contributed by atoms with Gasteiger partial charge in [0.25, 0.3) is 5.56 Å². The van der Waals surface area contributed by atoms with Crippen LogP contribution in [0.25, 0.3) is 22.0 Å². The summed E-state index contributed by atoms with van der Waals surface area (Å²) < 4.78 is 8.75. The molecule has 0 atom stereocenters. The fourth-order valence-corrected chi connectivity index (χ4v) is 3.45. The number of fused-ring (bicyclic) bond motifs is 1. The Kier molecular flexibility index (Phi) is 5.14. The summed E-state index contributed by atoms with van der Waals surface area (Å²) in [5, 5.41) is 8.65. The fourth-order valence-electron chi connectivity index (χ4n) is 3.45. The van der Waals surface area contributed by atoms with E-state index in [1.165, 1.54) is 4.68 Å². The van der Waals surface area contributed by atoms with Crippen molar-refractivity contribution in [3.05, 3.63) is 71.0 Å². The molecule has 0 saturated carbocycles. The van der Waals surface area contributed by atoms with Gasteiger partial charge in [-0.1, -0.05) is 6.07 Å². The first kappa shape index (κ1) is 18.9. The van der Waals surface area contributed by atoms with Crippen LogP contribution in [0.2, 0.25) is 0 Å². The zero-order valence-electron chi connectivity index (χ0n) is 16.7. The zero-order chi connectivity index (χ0) is 20.4. The first-order valence-electron chi connectivity index (χ1n) is 9.40. The van der Waals surface area contributed by atoms with Gasteiger partial charge in [0.05, 0.1) is 24.0 Å². The van der Waals surface area contributed by atoms with Crippen LogP contribution in [-0.4, -0.2) is 33.0 Å². The number of anilines is 2. The molecule has 4 rings (SSSR count). The highest BCUT2D eigenvalue weighted by Gasteiger charge is 2.12. The fraction of sp³-hybridized carbons (Fsp3) is 0.227. The molecule has 0 aliphatic heterocycles. The summed E-state index contributed by atoms with van der Waals surface area (Å²) in [5.41, 5.74) is 5.27. The number of nitrogens with one attached hydrogen (secondary N) is 1. The molecule has 0 aliphatic carbocycles. The molecular weight excluding hydrogens is 366 g/mol. The average Bonchev–Trinajstić information content (AvgIpc) is 3.15. The predicted molar refractivity (Wildman–Crippen MR) is 115 cm³/mol. The van der Waals surface area contributed by atoms with E-state index >= 15 is 0 Å². The quantitative estimate of drug-likeness (QED) is 0.546. The number of aryl methyl sites for hydroxylation is 1. The van der Waals surface area contributed by atoms with E-state index in [9.17, 15) is 4.79 Å². The largest absolute Gasteiger partial charge is 0.383 e. The van der Waals surface area contributed by atoms with Crippen LogP contribution in [0, 0.1) is 6.92 Å². The van der Waals surface area contributed by atoms with Gasteiger partial charge in [0.1, 0.15) is 0 Å². The predicted octanol–water partition coefficient (Wildman–Crippen LogP) is 3.50. The van der Waals surface area contributed by atoms with Crippen LogP contribution in [0.3, 0.4) is 0 Å². The van der Waals surface area contributed by atoms with E-state index in [0.29, 0.717) is 17.9 Å². The van der Waals surface area contributed by atoms with Crippen molar-refractivity contribution in [3.63, 3.8) is 0 Å². The molecule has 0 spiro atoms. The number of methoxy groups -OCH3 is 1. The molecule has 0 saturated heterocycles. The van der Waals surface area contributed by atoms with Crippen LogP contribution >= 0.6 is 0 Å². The summed E-state index contributed by atoms with van der Waals surface area (Å²) in [4.78, 5) is 16.5. The molecule has 3 aromatic heterocycles. The van der Waals surface area contributed by atoms with Crippen LogP contribution < -0.4 is 10.9 Å². The lowest BCUT2D eigenvalue weighted by atomic mass is 10.0. The van der Waals surface area contributed by atoms with Gasteiger partial charge in [0, 0.05) is 61.5 Å². The van der Waals surface area contributed by atoms with Crippen molar-refractivity contribution < 1.29 is 4.74 Å². The number of hydrogen-bond donors (Lipinski definition) is 1. The lowest BCUT2D eigenvalue weighted by molar-refractivity contribution is 0.188. The van der Waals surface area contributed by atoms with Gasteiger partial charge in [-0.25, -0.2) is 4.68 Å². The molecule has 0 radical (unpaired) electrons. The van der Waals surface area contributed by atoms with Crippen molar-refractivity contribution in [2.45, 2.75) is 13.5 Å². The van der Waals surface area contributed by atoms with Gasteiger partial charge >= 0.3 is 0 Å². The molecule has 0 aliphatic rings. The molecular formula is C22H23N5O2. The monoisotopic (exact) mass is 389 g/mol. The van der Waals surface area contributed by atoms with Gasteiger partial charge in [-0.15, -0.1) is 0 Å². The molecule has 0 bridgehead atoms. The molecule has 4 aromatic rings. The number of nitrogens with zero attached hydrogens (tertiary/aromatic N) is 4. The van der Waals surface area contributed by atoms with Gasteiger partial charge in [0.15, 0.2) is 0 Å². The smallest absolute Gasteiger partial charge is 0.271 e. The lowest BCUT2D eigenvalue weighted by Gasteiger charge is -2.14. The third-order valence-electron chi connectivity index (χ3n) is 5.06. The number of rotatable bonds is 6. The lowest BCUT2D eigenvalue weighted by Crippen LogP contribution is -2.22. The van der Waals surface area contributed by atoms with Crippen LogP contribution in [-0.2, 0) is 18.3 Å². The molecule has 7 heteroatoms. The highest BCUT2D eigenvalue weighted by atomic mass is 16.5. The Morgan fingerprint density at radius 3 is 2.83 bits per heavy atom. The Morgan fingerprint density at radius 2 is 2.07 bits per heavy atom. The van der Waals surface area contributed by atoms with E-state index in [1.54, 1.807) is 33.5 Å². The first-order valence-corrected chi connectivity index (χ1v) is 9.40. The molecule has 0 unspecified atom stereocenters. The number of benzene rings is 1. The number of hydrogen-bond acceptors (Lipinski definition) is 5. The topological polar surface area (TPSA) is 74.0 Å². The number of ether oxygens (including phenoxy) is 1. The Hall–Kier alpha value is -3.45. The van der Waals surface area contributed by atoms with E-state index in [0.717, 1.165) is 34.3 Å². The second-order valence-corrected chi connectivity index (χ2v) is 6.94. The maximum atomic E-state index is 12.2. The maximum Gasteiger partial charge on any atom is 0.271 e. The van der Waals surface area contributed by atoms with Crippen molar-refractivity contribution >= 4 is 22.3 Å². The minimum Gasteiger partial charge on any atom is -0.383 e. The summed E-state index contributed by atoms with van der Waals surface area (Å²) in [6.45, 7) is 3.18. The Labute approximate surface area is 168 Å². The summed E-state index contributed by atoms with van der Waals surface area (Å²) in [6, 6.07) is 10.3. The molecule has 29 heavy (non-hydrogen) atoms. The second kappa shape index (κ2) is 7.89. The molecule has 0 amide bonds. The number of aromatic nitrogens is 4. The molecule has 1 N–H and O–H groups in total.